The molecule has 2 fully saturated rings. The smallest absolute Gasteiger partial charge is 0.339 e. The van der Waals surface area contributed by atoms with Crippen molar-refractivity contribution >= 4 is 40.8 Å². The molecule has 2 aliphatic rings. The predicted octanol–water partition coefficient (Wildman–Crippen LogP) is 2.72. The van der Waals surface area contributed by atoms with Gasteiger partial charge in [-0.1, -0.05) is 45.0 Å². The number of carboxylic acids is 1. The Morgan fingerprint density at radius 2 is 1.75 bits per heavy atom. The summed E-state index contributed by atoms with van der Waals surface area (Å²) in [5, 5.41) is 25.9. The van der Waals surface area contributed by atoms with Gasteiger partial charge in [0, 0.05) is 51.9 Å². The molecule has 14 nitrogen and oxygen atoms in total. The van der Waals surface area contributed by atoms with Crippen LogP contribution >= 0.6 is 11.3 Å². The molecule has 52 heavy (non-hydrogen) atoms. The first kappa shape index (κ1) is 38.8. The number of carbonyl (C=O) groups excluding carboxylic acids is 3. The predicted molar refractivity (Wildman–Crippen MR) is 197 cm³/mol. The average Bonchev–Trinajstić information content (AvgIpc) is 3.73. The number of hydrogen-bond donors (Lipinski definition) is 4. The van der Waals surface area contributed by atoms with Crippen LogP contribution in [-0.2, 0) is 19.1 Å². The Kier molecular flexibility index (Phi) is 12.6. The molecule has 4 heterocycles. The van der Waals surface area contributed by atoms with Gasteiger partial charge in [0.2, 0.25) is 17.7 Å². The number of carboxylic acid groups (broad SMARTS) is 1. The van der Waals surface area contributed by atoms with Crippen LogP contribution in [0.3, 0.4) is 0 Å². The number of piperazine rings is 1. The maximum atomic E-state index is 14.0. The average molecular weight is 736 g/mol. The molecular formula is C37H49N7O7S. The number of anilines is 1. The highest BCUT2D eigenvalue weighted by Gasteiger charge is 2.44. The fraction of sp³-hybridized carbons (Fsp3) is 0.514. The number of nitrogens with one attached hydrogen (secondary N) is 2. The fourth-order valence-corrected chi connectivity index (χ4v) is 7.39. The van der Waals surface area contributed by atoms with Crippen LogP contribution in [0.4, 0.5) is 5.82 Å². The first-order chi connectivity index (χ1) is 24.7. The van der Waals surface area contributed by atoms with Crippen LogP contribution in [0.5, 0.6) is 0 Å². The van der Waals surface area contributed by atoms with Gasteiger partial charge < -0.3 is 35.4 Å². The third-order valence-corrected chi connectivity index (χ3v) is 10.5. The minimum absolute atomic E-state index is 0.0155. The second-order valence-corrected chi connectivity index (χ2v) is 15.3. The first-order valence-electron chi connectivity index (χ1n) is 17.5. The number of aryl methyl sites for hydroxylation is 1. The lowest BCUT2D eigenvalue weighted by Gasteiger charge is -2.36. The van der Waals surface area contributed by atoms with Crippen molar-refractivity contribution in [2.24, 2.45) is 5.41 Å². The molecule has 0 spiro atoms. The number of aromatic carboxylic acids is 1. The van der Waals surface area contributed by atoms with Gasteiger partial charge in [0.1, 0.15) is 30.1 Å². The van der Waals surface area contributed by atoms with Crippen molar-refractivity contribution in [2.45, 2.75) is 65.3 Å². The van der Waals surface area contributed by atoms with Gasteiger partial charge in [-0.25, -0.2) is 14.8 Å². The molecule has 2 aromatic heterocycles. The van der Waals surface area contributed by atoms with E-state index in [0.717, 1.165) is 21.7 Å². The van der Waals surface area contributed by atoms with Crippen LogP contribution in [0.2, 0.25) is 0 Å². The summed E-state index contributed by atoms with van der Waals surface area (Å²) in [4.78, 5) is 67.3. The van der Waals surface area contributed by atoms with Gasteiger partial charge in [0.25, 0.3) is 0 Å². The largest absolute Gasteiger partial charge is 0.478 e. The van der Waals surface area contributed by atoms with Crippen LogP contribution in [0.25, 0.3) is 10.4 Å². The zero-order valence-electron chi connectivity index (χ0n) is 30.4. The summed E-state index contributed by atoms with van der Waals surface area (Å²) in [6.45, 7) is 12.5. The molecule has 280 valence electrons. The van der Waals surface area contributed by atoms with Gasteiger partial charge in [-0.05, 0) is 42.5 Å². The second kappa shape index (κ2) is 16.9. The number of thiazole rings is 1. The molecule has 2 unspecified atom stereocenters. The molecule has 3 aromatic rings. The maximum absolute atomic E-state index is 14.0. The van der Waals surface area contributed by atoms with Gasteiger partial charge >= 0.3 is 5.97 Å². The Hall–Kier alpha value is -4.44. The van der Waals surface area contributed by atoms with Crippen molar-refractivity contribution in [1.29, 1.82) is 0 Å². The Morgan fingerprint density at radius 3 is 2.38 bits per heavy atom. The molecule has 3 amide bonds. The molecular weight excluding hydrogens is 687 g/mol. The highest BCUT2D eigenvalue weighted by atomic mass is 32.1. The topological polar surface area (TPSA) is 178 Å². The van der Waals surface area contributed by atoms with Crippen LogP contribution in [0, 0.1) is 12.3 Å². The quantitative estimate of drug-likeness (QED) is 0.190. The van der Waals surface area contributed by atoms with Crippen LogP contribution in [0.1, 0.15) is 61.8 Å². The van der Waals surface area contributed by atoms with Crippen LogP contribution in [-0.4, -0.2) is 124 Å². The van der Waals surface area contributed by atoms with E-state index in [-0.39, 0.29) is 43.7 Å². The number of β-amino-alcohol motifs (C(OH)–C–C–N with tert-alkyl or cyclic N) is 1. The molecule has 0 bridgehead atoms. The van der Waals surface area contributed by atoms with E-state index in [1.54, 1.807) is 29.7 Å². The van der Waals surface area contributed by atoms with E-state index in [2.05, 4.69) is 25.5 Å². The summed E-state index contributed by atoms with van der Waals surface area (Å²) in [5.41, 5.74) is 4.20. The summed E-state index contributed by atoms with van der Waals surface area (Å²) in [6.07, 6.45) is 0.808. The number of amides is 3. The zero-order valence-corrected chi connectivity index (χ0v) is 31.2. The maximum Gasteiger partial charge on any atom is 0.339 e. The molecule has 0 radical (unpaired) electrons. The zero-order chi connectivity index (χ0) is 37.6. The van der Waals surface area contributed by atoms with E-state index in [0.29, 0.717) is 38.5 Å². The summed E-state index contributed by atoms with van der Waals surface area (Å²) in [7, 11) is 0. The van der Waals surface area contributed by atoms with Gasteiger partial charge in [-0.2, -0.15) is 0 Å². The minimum atomic E-state index is -1.01. The van der Waals surface area contributed by atoms with Crippen molar-refractivity contribution in [3.63, 3.8) is 0 Å². The summed E-state index contributed by atoms with van der Waals surface area (Å²) < 4.78 is 5.69. The lowest BCUT2D eigenvalue weighted by atomic mass is 9.85. The number of carbonyl (C=O) groups is 4. The Balaban J connectivity index is 1.10. The summed E-state index contributed by atoms with van der Waals surface area (Å²) in [5.74, 6) is -1.82. The summed E-state index contributed by atoms with van der Waals surface area (Å²) in [6, 6.07) is 8.88. The first-order valence-corrected chi connectivity index (χ1v) is 18.4. The monoisotopic (exact) mass is 735 g/mol. The van der Waals surface area contributed by atoms with Crippen LogP contribution < -0.4 is 15.5 Å². The third kappa shape index (κ3) is 9.50. The second-order valence-electron chi connectivity index (χ2n) is 14.4. The van der Waals surface area contributed by atoms with Gasteiger partial charge in [0.05, 0.1) is 34.8 Å². The number of hydrogen-bond acceptors (Lipinski definition) is 11. The number of aromatic nitrogens is 2. The van der Waals surface area contributed by atoms with Crippen LogP contribution in [0.15, 0.2) is 48.1 Å². The number of benzene rings is 1. The number of rotatable bonds is 13. The summed E-state index contributed by atoms with van der Waals surface area (Å²) >= 11 is 1.57. The normalized spacial score (nSPS) is 19.3. The molecule has 1 aromatic carbocycles. The Bertz CT molecular complexity index is 1720. The van der Waals surface area contributed by atoms with Gasteiger partial charge in [-0.3, -0.25) is 19.3 Å². The number of likely N-dealkylation sites (tertiary alicyclic amines) is 1. The number of ether oxygens (including phenoxy) is 1. The van der Waals surface area contributed by atoms with E-state index < -0.39 is 41.4 Å². The highest BCUT2D eigenvalue weighted by molar-refractivity contribution is 7.13. The number of pyridine rings is 1. The molecule has 2 aliphatic heterocycles. The standard InChI is InChI=1S/C37H49N7O7S/c1-23(25-8-10-26(11-9-25)31-24(2)39-22-52-31)40-34(47)29-19-27(45)20-44(29)35(48)32(37(3,4)5)41-30(46)21-51-18-17-42-13-15-43(16-14-42)33-28(36(49)50)7-6-12-38-33/h6-12,22-23,27,29,32,45H,13-21H2,1-5H3,(H,40,47)(H,41,46)(H,49,50)/t23?,27-,29+,32?/m1/s1. The van der Waals surface area contributed by atoms with Crippen molar-refractivity contribution in [3.05, 3.63) is 64.9 Å². The lowest BCUT2D eigenvalue weighted by molar-refractivity contribution is -0.144. The van der Waals surface area contributed by atoms with E-state index in [4.69, 9.17) is 4.74 Å². The highest BCUT2D eigenvalue weighted by Crippen LogP contribution is 2.29. The minimum Gasteiger partial charge on any atom is -0.478 e. The van der Waals surface area contributed by atoms with Gasteiger partial charge in [0.15, 0.2) is 0 Å². The molecule has 4 N–H and O–H groups in total. The van der Waals surface area contributed by atoms with Crippen molar-refractivity contribution in [2.75, 3.05) is 57.4 Å². The molecule has 15 heteroatoms. The van der Waals surface area contributed by atoms with Crippen molar-refractivity contribution < 1.29 is 34.1 Å². The number of aliphatic hydroxyl groups is 1. The third-order valence-electron chi connectivity index (χ3n) is 9.53. The van der Waals surface area contributed by atoms with Crippen molar-refractivity contribution in [3.8, 4) is 10.4 Å². The fourth-order valence-electron chi connectivity index (χ4n) is 6.58. The Morgan fingerprint density at radius 1 is 1.04 bits per heavy atom. The van der Waals surface area contributed by atoms with E-state index in [1.165, 1.54) is 4.90 Å². The molecule has 2 saturated heterocycles. The SMILES string of the molecule is Cc1ncsc1-c1ccc(C(C)NC(=O)[C@@H]2C[C@@H](O)CN2C(=O)C(NC(=O)COCCN2CCN(c3ncccc3C(=O)O)CC2)C(C)(C)C)cc1. The van der Waals surface area contributed by atoms with Gasteiger partial charge in [-0.15, -0.1) is 11.3 Å². The molecule has 0 aliphatic carbocycles. The van der Waals surface area contributed by atoms with E-state index >= 15 is 0 Å². The van der Waals surface area contributed by atoms with Crippen molar-refractivity contribution in [1.82, 2.24) is 30.4 Å². The molecule has 4 atom stereocenters. The van der Waals surface area contributed by atoms with E-state index in [1.807, 2.05) is 69.3 Å². The number of nitrogens with zero attached hydrogens (tertiary/aromatic N) is 5. The lowest BCUT2D eigenvalue weighted by Crippen LogP contribution is -2.58. The number of aliphatic hydroxyl groups excluding tert-OH is 1. The molecule has 5 rings (SSSR count). The Labute approximate surface area is 308 Å². The molecule has 0 saturated carbocycles. The van der Waals surface area contributed by atoms with E-state index in [9.17, 15) is 29.4 Å².